The molecule has 0 spiro atoms. The highest BCUT2D eigenvalue weighted by molar-refractivity contribution is 5.96. The van der Waals surface area contributed by atoms with E-state index in [0.29, 0.717) is 6.42 Å². The van der Waals surface area contributed by atoms with E-state index in [4.69, 9.17) is 5.73 Å². The first kappa shape index (κ1) is 16.9. The third kappa shape index (κ3) is 2.74. The summed E-state index contributed by atoms with van der Waals surface area (Å²) in [6.07, 6.45) is 6.91. The van der Waals surface area contributed by atoms with Gasteiger partial charge >= 0.3 is 0 Å². The van der Waals surface area contributed by atoms with Gasteiger partial charge in [-0.25, -0.2) is 0 Å². The van der Waals surface area contributed by atoms with Gasteiger partial charge in [0.05, 0.1) is 11.2 Å². The van der Waals surface area contributed by atoms with E-state index in [9.17, 15) is 15.0 Å². The molecule has 3 aliphatic carbocycles. The molecule has 0 bridgehead atoms. The first-order valence-corrected chi connectivity index (χ1v) is 9.49. The monoisotopic (exact) mass is 344 g/mol. The lowest BCUT2D eigenvalue weighted by molar-refractivity contribution is -0.0899. The van der Waals surface area contributed by atoms with Crippen LogP contribution in [0.2, 0.25) is 0 Å². The van der Waals surface area contributed by atoms with Crippen LogP contribution in [0.1, 0.15) is 65.9 Å². The molecule has 5 heteroatoms. The topological polar surface area (TPSA) is 86.8 Å². The number of hydrogen-bond acceptors (Lipinski definition) is 4. The summed E-state index contributed by atoms with van der Waals surface area (Å²) in [5.41, 5.74) is 6.54. The van der Waals surface area contributed by atoms with Crippen molar-refractivity contribution < 1.29 is 15.0 Å². The lowest BCUT2D eigenvalue weighted by Crippen LogP contribution is -2.59. The molecule has 2 fully saturated rings. The summed E-state index contributed by atoms with van der Waals surface area (Å²) in [5, 5.41) is 22.4. The molecule has 136 valence electrons. The molecule has 0 saturated heterocycles. The molecule has 25 heavy (non-hydrogen) atoms. The highest BCUT2D eigenvalue weighted by atomic mass is 16.3. The fraction of sp³-hybridized carbons (Fsp3) is 0.650. The van der Waals surface area contributed by atoms with Crippen LogP contribution in [0.3, 0.4) is 0 Å². The van der Waals surface area contributed by atoms with Crippen LogP contribution >= 0.6 is 0 Å². The number of rotatable bonds is 4. The molecule has 0 heterocycles. The van der Waals surface area contributed by atoms with Crippen LogP contribution in [0, 0.1) is 5.92 Å². The van der Waals surface area contributed by atoms with Crippen LogP contribution < -0.4 is 5.73 Å². The standard InChI is InChI=1S/C20H28N2O3/c1-22(11-12-5-6-12)16-10-13-7-8-14(19(21)24)18(23)17(13)15-4-2-3-9-20(15,16)25/h7-8,12,15-16,23,25H,2-6,9-11H2,1H3,(H2,21,24)/t15?,16-,20+/m1/s1. The van der Waals surface area contributed by atoms with Crippen LogP contribution in [0.15, 0.2) is 12.1 Å². The molecular formula is C20H28N2O3. The molecule has 1 amide bonds. The van der Waals surface area contributed by atoms with Gasteiger partial charge in [-0.15, -0.1) is 0 Å². The summed E-state index contributed by atoms with van der Waals surface area (Å²) in [4.78, 5) is 14.0. The van der Waals surface area contributed by atoms with E-state index in [1.807, 2.05) is 6.07 Å². The smallest absolute Gasteiger partial charge is 0.252 e. The molecule has 3 atom stereocenters. The number of phenols is 1. The summed E-state index contributed by atoms with van der Waals surface area (Å²) in [7, 11) is 2.12. The molecule has 1 aromatic rings. The molecule has 0 aliphatic heterocycles. The van der Waals surface area contributed by atoms with Crippen LogP contribution in [-0.4, -0.2) is 46.3 Å². The number of carbonyl (C=O) groups is 1. The number of fused-ring (bicyclic) bond motifs is 3. The van der Waals surface area contributed by atoms with Gasteiger partial charge in [-0.2, -0.15) is 0 Å². The Morgan fingerprint density at radius 1 is 1.32 bits per heavy atom. The second-order valence-electron chi connectivity index (χ2n) is 8.29. The van der Waals surface area contributed by atoms with Crippen molar-refractivity contribution in [1.82, 2.24) is 4.90 Å². The average Bonchev–Trinajstić information content (AvgIpc) is 3.37. The lowest BCUT2D eigenvalue weighted by atomic mass is 9.61. The van der Waals surface area contributed by atoms with Gasteiger partial charge in [0.25, 0.3) is 5.91 Å². The second kappa shape index (κ2) is 5.99. The van der Waals surface area contributed by atoms with Crippen molar-refractivity contribution in [3.63, 3.8) is 0 Å². The van der Waals surface area contributed by atoms with Crippen molar-refractivity contribution in [2.45, 2.75) is 62.5 Å². The highest BCUT2D eigenvalue weighted by Crippen LogP contribution is 2.52. The fourth-order valence-electron chi connectivity index (χ4n) is 5.15. The molecule has 5 nitrogen and oxygen atoms in total. The van der Waals surface area contributed by atoms with Gasteiger partial charge in [-0.1, -0.05) is 18.9 Å². The van der Waals surface area contributed by atoms with E-state index < -0.39 is 11.5 Å². The minimum atomic E-state index is -0.845. The molecule has 1 unspecified atom stereocenters. The van der Waals surface area contributed by atoms with Gasteiger partial charge in [-0.3, -0.25) is 9.69 Å². The molecule has 2 saturated carbocycles. The largest absolute Gasteiger partial charge is 0.507 e. The quantitative estimate of drug-likeness (QED) is 0.781. The summed E-state index contributed by atoms with van der Waals surface area (Å²) < 4.78 is 0. The van der Waals surface area contributed by atoms with E-state index in [2.05, 4.69) is 11.9 Å². The number of aliphatic hydroxyl groups is 1. The predicted molar refractivity (Wildman–Crippen MR) is 95.6 cm³/mol. The van der Waals surface area contributed by atoms with Crippen molar-refractivity contribution in [3.8, 4) is 5.75 Å². The summed E-state index contributed by atoms with van der Waals surface area (Å²) >= 11 is 0. The zero-order chi connectivity index (χ0) is 17.8. The third-order valence-electron chi connectivity index (χ3n) is 6.61. The molecule has 3 aliphatic rings. The summed E-state index contributed by atoms with van der Waals surface area (Å²) in [6, 6.07) is 3.60. The first-order chi connectivity index (χ1) is 11.9. The van der Waals surface area contributed by atoms with Gasteiger partial charge < -0.3 is 15.9 Å². The Morgan fingerprint density at radius 2 is 2.08 bits per heavy atom. The number of nitrogens with two attached hydrogens (primary N) is 1. The van der Waals surface area contributed by atoms with Crippen LogP contribution in [-0.2, 0) is 6.42 Å². The number of amides is 1. The average molecular weight is 344 g/mol. The fourth-order valence-corrected chi connectivity index (χ4v) is 5.15. The molecule has 4 N–H and O–H groups in total. The Labute approximate surface area is 148 Å². The lowest BCUT2D eigenvalue weighted by Gasteiger charge is -2.52. The SMILES string of the molecule is CN(CC1CC1)[C@@H]1Cc2ccc(C(N)=O)c(O)c2C2CCCC[C@]21O. The number of hydrogen-bond donors (Lipinski definition) is 3. The zero-order valence-corrected chi connectivity index (χ0v) is 14.9. The maximum absolute atomic E-state index is 11.7. The summed E-state index contributed by atoms with van der Waals surface area (Å²) in [5.74, 6) is 0.00451. The van der Waals surface area contributed by atoms with Gasteiger partial charge in [0.15, 0.2) is 0 Å². The number of benzene rings is 1. The Balaban J connectivity index is 1.77. The van der Waals surface area contributed by atoms with Gasteiger partial charge in [0, 0.05) is 24.1 Å². The van der Waals surface area contributed by atoms with Gasteiger partial charge in [0.1, 0.15) is 5.75 Å². The molecule has 1 aromatic carbocycles. The van der Waals surface area contributed by atoms with Crippen molar-refractivity contribution in [2.75, 3.05) is 13.6 Å². The number of primary amides is 1. The number of nitrogens with zero attached hydrogens (tertiary/aromatic N) is 1. The van der Waals surface area contributed by atoms with E-state index in [-0.39, 0.29) is 23.3 Å². The minimum absolute atomic E-state index is 0.0152. The van der Waals surface area contributed by atoms with Crippen molar-refractivity contribution in [3.05, 3.63) is 28.8 Å². The number of carbonyl (C=O) groups excluding carboxylic acids is 1. The van der Waals surface area contributed by atoms with E-state index in [0.717, 1.165) is 49.3 Å². The normalized spacial score (nSPS) is 31.5. The van der Waals surface area contributed by atoms with Crippen molar-refractivity contribution >= 4 is 5.91 Å². The van der Waals surface area contributed by atoms with E-state index in [1.165, 1.54) is 12.8 Å². The Bertz CT molecular complexity index is 700. The molecule has 0 radical (unpaired) electrons. The van der Waals surface area contributed by atoms with E-state index in [1.54, 1.807) is 6.07 Å². The zero-order valence-electron chi connectivity index (χ0n) is 14.9. The molecule has 0 aromatic heterocycles. The summed E-state index contributed by atoms with van der Waals surface area (Å²) in [6.45, 7) is 1.03. The third-order valence-corrected chi connectivity index (χ3v) is 6.61. The maximum atomic E-state index is 11.7. The molecule has 4 rings (SSSR count). The van der Waals surface area contributed by atoms with Gasteiger partial charge in [-0.05, 0) is 56.7 Å². The van der Waals surface area contributed by atoms with Crippen molar-refractivity contribution in [1.29, 1.82) is 0 Å². The number of aromatic hydroxyl groups is 1. The van der Waals surface area contributed by atoms with Crippen molar-refractivity contribution in [2.24, 2.45) is 11.7 Å². The van der Waals surface area contributed by atoms with Crippen LogP contribution in [0.25, 0.3) is 0 Å². The highest BCUT2D eigenvalue weighted by Gasteiger charge is 2.52. The Hall–Kier alpha value is -1.59. The minimum Gasteiger partial charge on any atom is -0.507 e. The Kier molecular flexibility index (Phi) is 4.04. The first-order valence-electron chi connectivity index (χ1n) is 9.49. The van der Waals surface area contributed by atoms with Crippen LogP contribution in [0.5, 0.6) is 5.75 Å². The van der Waals surface area contributed by atoms with E-state index >= 15 is 0 Å². The Morgan fingerprint density at radius 3 is 2.76 bits per heavy atom. The number of likely N-dealkylation sites (N-methyl/N-ethyl adjacent to an activating group) is 1. The van der Waals surface area contributed by atoms with Gasteiger partial charge in [0.2, 0.25) is 0 Å². The second-order valence-corrected chi connectivity index (χ2v) is 8.29. The molecular weight excluding hydrogens is 316 g/mol. The maximum Gasteiger partial charge on any atom is 0.252 e. The predicted octanol–water partition coefficient (Wildman–Crippen LogP) is 2.15. The van der Waals surface area contributed by atoms with Crippen LogP contribution in [0.4, 0.5) is 0 Å².